The van der Waals surface area contributed by atoms with E-state index in [2.05, 4.69) is 14.7 Å². The van der Waals surface area contributed by atoms with Crippen LogP contribution in [0.1, 0.15) is 27.2 Å². The maximum absolute atomic E-state index is 14.5. The van der Waals surface area contributed by atoms with Crippen molar-refractivity contribution in [1.82, 2.24) is 4.98 Å². The van der Waals surface area contributed by atoms with Crippen molar-refractivity contribution in [2.24, 2.45) is 4.36 Å². The number of benzene rings is 1. The molecule has 0 bridgehead atoms. The van der Waals surface area contributed by atoms with E-state index in [1.807, 2.05) is 0 Å². The summed E-state index contributed by atoms with van der Waals surface area (Å²) in [6.45, 7) is 4.29. The number of anilines is 2. The summed E-state index contributed by atoms with van der Waals surface area (Å²) in [5, 5.41) is 2.39. The summed E-state index contributed by atoms with van der Waals surface area (Å²) in [6.07, 6.45) is -2.23. The number of nitrogens with one attached hydrogen (secondary N) is 1. The van der Waals surface area contributed by atoms with Crippen LogP contribution in [0.3, 0.4) is 0 Å². The van der Waals surface area contributed by atoms with E-state index in [0.717, 1.165) is 37.5 Å². The highest BCUT2D eigenvalue weighted by Crippen LogP contribution is 2.43. The first kappa shape index (κ1) is 31.1. The molecular weight excluding hydrogens is 560 g/mol. The molecule has 1 aromatic heterocycles. The third kappa shape index (κ3) is 6.63. The number of carbonyl (C=O) groups excluding carboxylic acids is 2. The molecule has 2 aromatic rings. The van der Waals surface area contributed by atoms with Crippen LogP contribution in [0, 0.1) is 11.6 Å². The second-order valence-corrected chi connectivity index (χ2v) is 12.3. The molecule has 2 amide bonds. The number of methoxy groups -OCH3 is 2. The molecule has 1 aromatic carbocycles. The fourth-order valence-electron chi connectivity index (χ4n) is 4.11. The normalized spacial score (nSPS) is 20.7. The maximum Gasteiger partial charge on any atom is 0.442 e. The third-order valence-electron chi connectivity index (χ3n) is 6.04. The highest BCUT2D eigenvalue weighted by atomic mass is 32.2. The van der Waals surface area contributed by atoms with E-state index in [-0.39, 0.29) is 16.4 Å². The molecule has 0 spiro atoms. The van der Waals surface area contributed by atoms with Gasteiger partial charge in [-0.15, -0.1) is 4.36 Å². The van der Waals surface area contributed by atoms with Gasteiger partial charge in [-0.25, -0.2) is 27.2 Å². The maximum atomic E-state index is 14.5. The number of aromatic nitrogens is 1. The van der Waals surface area contributed by atoms with Gasteiger partial charge in [-0.1, -0.05) is 0 Å². The number of carbonyl (C=O) groups is 2. The van der Waals surface area contributed by atoms with Gasteiger partial charge in [0.2, 0.25) is 11.7 Å². The molecule has 15 heteroatoms. The molecule has 0 aliphatic carbocycles. The Bertz CT molecular complexity index is 1410. The highest BCUT2D eigenvalue weighted by molar-refractivity contribution is 7.93. The quantitative estimate of drug-likeness (QED) is 0.464. The van der Waals surface area contributed by atoms with Crippen LogP contribution in [0.25, 0.3) is 0 Å². The molecule has 0 radical (unpaired) electrons. The van der Waals surface area contributed by atoms with E-state index in [9.17, 15) is 31.4 Å². The summed E-state index contributed by atoms with van der Waals surface area (Å²) in [5.74, 6) is -3.96. The Morgan fingerprint density at radius 1 is 1.23 bits per heavy atom. The number of halogens is 4. The van der Waals surface area contributed by atoms with Crippen molar-refractivity contribution >= 4 is 33.1 Å². The monoisotopic (exact) mass is 590 g/mol. The lowest BCUT2D eigenvalue weighted by atomic mass is 10.00. The van der Waals surface area contributed by atoms with Gasteiger partial charge in [-0.3, -0.25) is 4.79 Å². The van der Waals surface area contributed by atoms with Crippen molar-refractivity contribution in [2.75, 3.05) is 37.2 Å². The van der Waals surface area contributed by atoms with Gasteiger partial charge in [0.1, 0.15) is 32.0 Å². The molecule has 1 aliphatic heterocycles. The van der Waals surface area contributed by atoms with Crippen LogP contribution in [0.5, 0.6) is 5.75 Å². The molecule has 1 fully saturated rings. The van der Waals surface area contributed by atoms with Gasteiger partial charge in [-0.05, 0) is 45.0 Å². The number of amides is 2. The van der Waals surface area contributed by atoms with Gasteiger partial charge in [0.15, 0.2) is 11.6 Å². The van der Waals surface area contributed by atoms with Gasteiger partial charge in [-0.2, -0.15) is 4.39 Å². The number of hydrogen-bond acceptors (Lipinski definition) is 8. The van der Waals surface area contributed by atoms with E-state index < -0.39 is 75.7 Å². The van der Waals surface area contributed by atoms with E-state index in [4.69, 9.17) is 14.2 Å². The molecule has 3 unspecified atom stereocenters. The Hall–Kier alpha value is -3.46. The Labute approximate surface area is 229 Å². The van der Waals surface area contributed by atoms with Crippen molar-refractivity contribution < 1.29 is 45.6 Å². The van der Waals surface area contributed by atoms with E-state index in [1.165, 1.54) is 18.3 Å². The summed E-state index contributed by atoms with van der Waals surface area (Å²) in [7, 11) is -1.26. The smallest absolute Gasteiger partial charge is 0.442 e. The molecule has 40 heavy (non-hydrogen) atoms. The van der Waals surface area contributed by atoms with Crippen LogP contribution >= 0.6 is 0 Å². The first-order valence-corrected chi connectivity index (χ1v) is 13.8. The van der Waals surface area contributed by atoms with Crippen LogP contribution in [-0.4, -0.2) is 71.9 Å². The predicted octanol–water partition coefficient (Wildman–Crippen LogP) is 4.63. The molecule has 1 aliphatic rings. The number of nitrogens with zero attached hydrogens (tertiary/aromatic N) is 3. The highest BCUT2D eigenvalue weighted by Gasteiger charge is 2.54. The second kappa shape index (κ2) is 11.6. The third-order valence-corrected chi connectivity index (χ3v) is 7.53. The minimum atomic E-state index is -3.40. The van der Waals surface area contributed by atoms with Crippen molar-refractivity contribution in [3.8, 4) is 5.75 Å². The fraction of sp³-hybridized carbons (Fsp3) is 0.480. The number of hydrogen-bond donors (Lipinski definition) is 1. The van der Waals surface area contributed by atoms with Crippen LogP contribution < -0.4 is 15.0 Å². The fourth-order valence-corrected chi connectivity index (χ4v) is 5.13. The van der Waals surface area contributed by atoms with Crippen molar-refractivity contribution in [3.05, 3.63) is 42.1 Å². The molecule has 3 rings (SSSR count). The van der Waals surface area contributed by atoms with Gasteiger partial charge in [0.05, 0.1) is 19.3 Å². The summed E-state index contributed by atoms with van der Waals surface area (Å²) in [6, 6.07) is 3.12. The molecule has 1 N–H and O–H groups in total. The predicted molar refractivity (Wildman–Crippen MR) is 138 cm³/mol. The first-order valence-electron chi connectivity index (χ1n) is 11.9. The van der Waals surface area contributed by atoms with E-state index in [0.29, 0.717) is 0 Å². The van der Waals surface area contributed by atoms with Crippen molar-refractivity contribution in [1.29, 1.82) is 0 Å². The summed E-state index contributed by atoms with van der Waals surface area (Å²) < 4.78 is 88.5. The van der Waals surface area contributed by atoms with E-state index >= 15 is 0 Å². The molecule has 220 valence electrons. The minimum Gasteiger partial charge on any atom is -0.491 e. The molecular formula is C25H30F4N4O6S. The Kier molecular flexibility index (Phi) is 8.99. The number of rotatable bonds is 7. The zero-order chi connectivity index (χ0) is 30.0. The van der Waals surface area contributed by atoms with Gasteiger partial charge < -0.3 is 24.4 Å². The Balaban J connectivity index is 1.97. The van der Waals surface area contributed by atoms with Crippen LogP contribution in [0.2, 0.25) is 0 Å². The standard InChI is InChI=1S/C25H30F4N4O6S/c1-24(2,3)39-23(35)32-40(6,36)18-11-14(9-10-30-18)31-21(34)17-12-25(38-5,22(28)29)13-33(17)16-8-7-15(26)19(27)20(16)37-4/h7-11,17,22H,12-13H2,1-6H3,(H,30,31,34). The van der Waals surface area contributed by atoms with Gasteiger partial charge in [0.25, 0.3) is 6.43 Å². The lowest BCUT2D eigenvalue weighted by Gasteiger charge is -2.29. The second-order valence-electron chi connectivity index (χ2n) is 10.1. The Morgan fingerprint density at radius 2 is 1.90 bits per heavy atom. The van der Waals surface area contributed by atoms with Gasteiger partial charge in [0, 0.05) is 31.7 Å². The zero-order valence-corrected chi connectivity index (χ0v) is 23.5. The lowest BCUT2D eigenvalue weighted by molar-refractivity contribution is -0.122. The average molecular weight is 591 g/mol. The Morgan fingerprint density at radius 3 is 2.48 bits per heavy atom. The molecule has 10 nitrogen and oxygen atoms in total. The average Bonchev–Trinajstić information content (AvgIpc) is 3.26. The molecule has 0 saturated carbocycles. The topological polar surface area (TPSA) is 119 Å². The van der Waals surface area contributed by atoms with Crippen LogP contribution in [0.15, 0.2) is 39.9 Å². The van der Waals surface area contributed by atoms with Crippen molar-refractivity contribution in [3.63, 3.8) is 0 Å². The summed E-state index contributed by atoms with van der Waals surface area (Å²) in [4.78, 5) is 30.6. The van der Waals surface area contributed by atoms with Crippen LogP contribution in [-0.2, 0) is 24.0 Å². The molecule has 1 saturated heterocycles. The summed E-state index contributed by atoms with van der Waals surface area (Å²) in [5.41, 5.74) is -3.05. The number of ether oxygens (including phenoxy) is 3. The SMILES string of the molecule is COc1c(N2CC(OC)(C(F)F)CC2C(=O)Nc2ccnc(S(C)(=O)=NC(=O)OC(C)(C)C)c2)ccc(F)c1F. The van der Waals surface area contributed by atoms with E-state index in [1.54, 1.807) is 20.8 Å². The summed E-state index contributed by atoms with van der Waals surface area (Å²) >= 11 is 0. The van der Waals surface area contributed by atoms with Crippen molar-refractivity contribution in [2.45, 2.75) is 55.9 Å². The molecule has 3 atom stereocenters. The first-order chi connectivity index (χ1) is 18.5. The van der Waals surface area contributed by atoms with Gasteiger partial charge >= 0.3 is 6.09 Å². The number of pyridine rings is 1. The largest absolute Gasteiger partial charge is 0.491 e. The van der Waals surface area contributed by atoms with Crippen LogP contribution in [0.4, 0.5) is 33.7 Å². The zero-order valence-electron chi connectivity index (χ0n) is 22.7. The lowest BCUT2D eigenvalue weighted by Crippen LogP contribution is -2.42. The number of alkyl halides is 2. The minimum absolute atomic E-state index is 0.0631. The molecule has 2 heterocycles.